The van der Waals surface area contributed by atoms with Gasteiger partial charge in [0.05, 0.1) is 13.2 Å². The Bertz CT molecular complexity index is 682. The SMILES string of the molecule is CC1COc2ccc(-c3cc(C=O)ccc3F)cc2OC1. The van der Waals surface area contributed by atoms with Crippen LogP contribution in [0.4, 0.5) is 4.39 Å². The van der Waals surface area contributed by atoms with Crippen molar-refractivity contribution in [2.24, 2.45) is 5.92 Å². The van der Waals surface area contributed by atoms with Gasteiger partial charge in [-0.15, -0.1) is 0 Å². The number of carbonyl (C=O) groups excluding carboxylic acids is 1. The zero-order valence-corrected chi connectivity index (χ0v) is 11.6. The molecule has 1 aliphatic heterocycles. The first-order valence-corrected chi connectivity index (χ1v) is 6.82. The van der Waals surface area contributed by atoms with Crippen molar-refractivity contribution < 1.29 is 18.7 Å². The number of aldehydes is 1. The molecule has 3 nitrogen and oxygen atoms in total. The number of carbonyl (C=O) groups is 1. The number of hydrogen-bond donors (Lipinski definition) is 0. The van der Waals surface area contributed by atoms with Crippen LogP contribution in [0.5, 0.6) is 11.5 Å². The fourth-order valence-electron chi connectivity index (χ4n) is 2.26. The summed E-state index contributed by atoms with van der Waals surface area (Å²) in [6.07, 6.45) is 0.702. The molecule has 2 aromatic rings. The fourth-order valence-corrected chi connectivity index (χ4v) is 2.26. The van der Waals surface area contributed by atoms with Crippen LogP contribution in [-0.2, 0) is 0 Å². The molecule has 0 spiro atoms. The van der Waals surface area contributed by atoms with Crippen LogP contribution in [0, 0.1) is 11.7 Å². The molecule has 0 bridgehead atoms. The molecule has 1 heterocycles. The van der Waals surface area contributed by atoms with Crippen LogP contribution < -0.4 is 9.47 Å². The van der Waals surface area contributed by atoms with Crippen molar-refractivity contribution in [3.05, 3.63) is 47.8 Å². The van der Waals surface area contributed by atoms with Gasteiger partial charge in [0.2, 0.25) is 0 Å². The van der Waals surface area contributed by atoms with E-state index in [0.717, 1.165) is 0 Å². The number of ether oxygens (including phenoxy) is 2. The summed E-state index contributed by atoms with van der Waals surface area (Å²) in [6, 6.07) is 9.58. The molecule has 2 aromatic carbocycles. The number of benzene rings is 2. The highest BCUT2D eigenvalue weighted by molar-refractivity contribution is 5.79. The molecule has 0 radical (unpaired) electrons. The van der Waals surface area contributed by atoms with Gasteiger partial charge in [0.1, 0.15) is 12.1 Å². The minimum Gasteiger partial charge on any atom is -0.489 e. The van der Waals surface area contributed by atoms with Crippen molar-refractivity contribution in [3.63, 3.8) is 0 Å². The summed E-state index contributed by atoms with van der Waals surface area (Å²) in [5.41, 5.74) is 1.48. The molecule has 0 saturated carbocycles. The van der Waals surface area contributed by atoms with Crippen LogP contribution in [-0.4, -0.2) is 19.5 Å². The quantitative estimate of drug-likeness (QED) is 0.789. The first-order chi connectivity index (χ1) is 10.2. The Morgan fingerprint density at radius 3 is 2.62 bits per heavy atom. The first-order valence-electron chi connectivity index (χ1n) is 6.82. The van der Waals surface area contributed by atoms with Crippen LogP contribution in [0.2, 0.25) is 0 Å². The van der Waals surface area contributed by atoms with E-state index in [1.807, 2.05) is 6.92 Å². The van der Waals surface area contributed by atoms with E-state index < -0.39 is 0 Å². The summed E-state index contributed by atoms with van der Waals surface area (Å²) in [5.74, 6) is 1.20. The van der Waals surface area contributed by atoms with E-state index in [1.165, 1.54) is 18.2 Å². The topological polar surface area (TPSA) is 35.5 Å². The molecule has 3 rings (SSSR count). The van der Waals surface area contributed by atoms with Crippen molar-refractivity contribution in [2.75, 3.05) is 13.2 Å². The van der Waals surface area contributed by atoms with Gasteiger partial charge in [-0.1, -0.05) is 13.0 Å². The predicted molar refractivity (Wildman–Crippen MR) is 77.4 cm³/mol. The molecule has 1 aliphatic rings. The Hall–Kier alpha value is -2.36. The minimum atomic E-state index is -0.372. The highest BCUT2D eigenvalue weighted by Gasteiger charge is 2.16. The molecule has 0 aliphatic carbocycles. The number of halogens is 1. The zero-order valence-electron chi connectivity index (χ0n) is 11.6. The third-order valence-electron chi connectivity index (χ3n) is 3.43. The normalized spacial score (nSPS) is 17.1. The molecule has 0 fully saturated rings. The second kappa shape index (κ2) is 5.56. The van der Waals surface area contributed by atoms with Crippen molar-refractivity contribution in [1.82, 2.24) is 0 Å². The summed E-state index contributed by atoms with van der Waals surface area (Å²) >= 11 is 0. The maximum Gasteiger partial charge on any atom is 0.161 e. The van der Waals surface area contributed by atoms with Crippen LogP contribution in [0.1, 0.15) is 17.3 Å². The highest BCUT2D eigenvalue weighted by Crippen LogP contribution is 2.35. The van der Waals surface area contributed by atoms with Crippen molar-refractivity contribution >= 4 is 6.29 Å². The van der Waals surface area contributed by atoms with E-state index in [9.17, 15) is 9.18 Å². The summed E-state index contributed by atoms with van der Waals surface area (Å²) in [5, 5.41) is 0. The van der Waals surface area contributed by atoms with E-state index in [4.69, 9.17) is 9.47 Å². The maximum absolute atomic E-state index is 14.0. The lowest BCUT2D eigenvalue weighted by Crippen LogP contribution is -2.12. The lowest BCUT2D eigenvalue weighted by Gasteiger charge is -2.10. The van der Waals surface area contributed by atoms with Crippen LogP contribution in [0.3, 0.4) is 0 Å². The molecule has 1 unspecified atom stereocenters. The van der Waals surface area contributed by atoms with Gasteiger partial charge in [0, 0.05) is 17.0 Å². The van der Waals surface area contributed by atoms with Gasteiger partial charge < -0.3 is 9.47 Å². The lowest BCUT2D eigenvalue weighted by atomic mass is 10.0. The summed E-state index contributed by atoms with van der Waals surface area (Å²) in [4.78, 5) is 10.8. The molecule has 108 valence electrons. The number of hydrogen-bond acceptors (Lipinski definition) is 3. The van der Waals surface area contributed by atoms with E-state index in [1.54, 1.807) is 18.2 Å². The smallest absolute Gasteiger partial charge is 0.161 e. The predicted octanol–water partition coefficient (Wildman–Crippen LogP) is 3.71. The van der Waals surface area contributed by atoms with Gasteiger partial charge in [-0.05, 0) is 35.9 Å². The van der Waals surface area contributed by atoms with E-state index in [-0.39, 0.29) is 5.82 Å². The van der Waals surface area contributed by atoms with E-state index in [0.29, 0.717) is 53.6 Å². The molecule has 21 heavy (non-hydrogen) atoms. The largest absolute Gasteiger partial charge is 0.489 e. The molecule has 0 saturated heterocycles. The van der Waals surface area contributed by atoms with Crippen molar-refractivity contribution in [1.29, 1.82) is 0 Å². The van der Waals surface area contributed by atoms with Crippen molar-refractivity contribution in [3.8, 4) is 22.6 Å². The Morgan fingerprint density at radius 1 is 1.10 bits per heavy atom. The summed E-state index contributed by atoms with van der Waals surface area (Å²) in [6.45, 7) is 3.20. The third-order valence-corrected chi connectivity index (χ3v) is 3.43. The Labute approximate surface area is 122 Å². The molecule has 0 N–H and O–H groups in total. The second-order valence-electron chi connectivity index (χ2n) is 5.25. The number of rotatable bonds is 2. The van der Waals surface area contributed by atoms with Crippen molar-refractivity contribution in [2.45, 2.75) is 6.92 Å². The average molecular weight is 286 g/mol. The number of fused-ring (bicyclic) bond motifs is 1. The summed E-state index contributed by atoms with van der Waals surface area (Å²) in [7, 11) is 0. The Morgan fingerprint density at radius 2 is 1.86 bits per heavy atom. The molecule has 0 aromatic heterocycles. The van der Waals surface area contributed by atoms with Gasteiger partial charge in [0.25, 0.3) is 0 Å². The average Bonchev–Trinajstić information content (AvgIpc) is 2.69. The lowest BCUT2D eigenvalue weighted by molar-refractivity contribution is 0.112. The molecule has 4 heteroatoms. The monoisotopic (exact) mass is 286 g/mol. The highest BCUT2D eigenvalue weighted by atomic mass is 19.1. The molecular weight excluding hydrogens is 271 g/mol. The first kappa shape index (κ1) is 13.6. The van der Waals surface area contributed by atoms with Gasteiger partial charge in [-0.25, -0.2) is 4.39 Å². The van der Waals surface area contributed by atoms with Gasteiger partial charge >= 0.3 is 0 Å². The van der Waals surface area contributed by atoms with Crippen LogP contribution in [0.25, 0.3) is 11.1 Å². The fraction of sp³-hybridized carbons (Fsp3) is 0.235. The maximum atomic E-state index is 14.0. The van der Waals surface area contributed by atoms with Gasteiger partial charge in [-0.2, -0.15) is 0 Å². The third kappa shape index (κ3) is 2.75. The Balaban J connectivity index is 2.03. The zero-order chi connectivity index (χ0) is 14.8. The molecule has 1 atom stereocenters. The molecule has 0 amide bonds. The van der Waals surface area contributed by atoms with Crippen LogP contribution in [0.15, 0.2) is 36.4 Å². The standard InChI is InChI=1S/C17H15FO3/c1-11-9-20-16-5-3-13(7-17(16)21-10-11)14-6-12(8-19)2-4-15(14)18/h2-8,11H,9-10H2,1H3. The second-order valence-corrected chi connectivity index (χ2v) is 5.25. The summed E-state index contributed by atoms with van der Waals surface area (Å²) < 4.78 is 25.3. The van der Waals surface area contributed by atoms with Gasteiger partial charge in [0.15, 0.2) is 11.5 Å². The molecular formula is C17H15FO3. The minimum absolute atomic E-state index is 0.302. The van der Waals surface area contributed by atoms with Gasteiger partial charge in [-0.3, -0.25) is 4.79 Å². The van der Waals surface area contributed by atoms with E-state index in [2.05, 4.69) is 0 Å². The van der Waals surface area contributed by atoms with E-state index >= 15 is 0 Å². The Kier molecular flexibility index (Phi) is 3.60. The van der Waals surface area contributed by atoms with Crippen LogP contribution >= 0.6 is 0 Å².